The average molecular weight is 229 g/mol. The highest BCUT2D eigenvalue weighted by molar-refractivity contribution is 5.36. The lowest BCUT2D eigenvalue weighted by molar-refractivity contribution is 0.301. The Bertz CT molecular complexity index is 433. The van der Waals surface area contributed by atoms with Crippen LogP contribution in [0.5, 0.6) is 0 Å². The Kier molecular flexibility index (Phi) is 4.05. The van der Waals surface area contributed by atoms with E-state index in [1.807, 2.05) is 23.1 Å². The fraction of sp³-hybridized carbons (Fsp3) is 0.231. The van der Waals surface area contributed by atoms with Gasteiger partial charge in [-0.3, -0.25) is 4.98 Å². The predicted octanol–water partition coefficient (Wildman–Crippen LogP) is 1.48. The smallest absolute Gasteiger partial charge is 0.147 e. The molecule has 2 rings (SSSR count). The zero-order chi connectivity index (χ0) is 11.9. The number of benzene rings is 1. The lowest BCUT2D eigenvalue weighted by Gasteiger charge is -2.22. The van der Waals surface area contributed by atoms with Crippen LogP contribution < -0.4 is 4.90 Å². The average Bonchev–Trinajstić information content (AvgIpc) is 2.40. The number of aliphatic hydroxyl groups is 1. The molecule has 1 heterocycles. The fourth-order valence-corrected chi connectivity index (χ4v) is 1.65. The summed E-state index contributed by atoms with van der Waals surface area (Å²) in [5, 5.41) is 9.09. The van der Waals surface area contributed by atoms with Crippen molar-refractivity contribution in [2.75, 3.05) is 18.1 Å². The van der Waals surface area contributed by atoms with Gasteiger partial charge in [-0.2, -0.15) is 0 Å². The third kappa shape index (κ3) is 3.26. The molecule has 0 aliphatic rings. The van der Waals surface area contributed by atoms with E-state index in [-0.39, 0.29) is 6.61 Å². The Balaban J connectivity index is 2.13. The highest BCUT2D eigenvalue weighted by Crippen LogP contribution is 2.12. The normalized spacial score (nSPS) is 10.2. The molecule has 0 saturated heterocycles. The van der Waals surface area contributed by atoms with E-state index in [9.17, 15) is 0 Å². The first-order valence-corrected chi connectivity index (χ1v) is 5.56. The molecule has 0 bridgehead atoms. The second-order valence-electron chi connectivity index (χ2n) is 3.69. The molecular weight excluding hydrogens is 214 g/mol. The summed E-state index contributed by atoms with van der Waals surface area (Å²) in [5.74, 6) is 0.783. The molecule has 1 N–H and O–H groups in total. The quantitative estimate of drug-likeness (QED) is 0.843. The number of aliphatic hydroxyl groups excluding tert-OH is 1. The molecule has 88 valence electrons. The number of hydrogen-bond acceptors (Lipinski definition) is 4. The van der Waals surface area contributed by atoms with Crippen LogP contribution in [0.3, 0.4) is 0 Å². The molecule has 2 aromatic rings. The van der Waals surface area contributed by atoms with Crippen molar-refractivity contribution in [3.8, 4) is 0 Å². The van der Waals surface area contributed by atoms with Crippen LogP contribution in [0.2, 0.25) is 0 Å². The van der Waals surface area contributed by atoms with Gasteiger partial charge >= 0.3 is 0 Å². The minimum Gasteiger partial charge on any atom is -0.395 e. The van der Waals surface area contributed by atoms with Gasteiger partial charge in [-0.25, -0.2) is 4.98 Å². The summed E-state index contributed by atoms with van der Waals surface area (Å²) in [5.41, 5.74) is 1.19. The molecule has 0 amide bonds. The summed E-state index contributed by atoms with van der Waals surface area (Å²) in [6, 6.07) is 10.1. The minimum absolute atomic E-state index is 0.101. The molecule has 0 aliphatic heterocycles. The minimum atomic E-state index is 0.101. The molecule has 17 heavy (non-hydrogen) atoms. The predicted molar refractivity (Wildman–Crippen MR) is 66.6 cm³/mol. The molecule has 0 unspecified atom stereocenters. The topological polar surface area (TPSA) is 49.2 Å². The molecule has 0 fully saturated rings. The van der Waals surface area contributed by atoms with Crippen LogP contribution in [-0.2, 0) is 6.54 Å². The van der Waals surface area contributed by atoms with E-state index in [4.69, 9.17) is 5.11 Å². The summed E-state index contributed by atoms with van der Waals surface area (Å²) in [6.07, 6.45) is 5.01. The SMILES string of the molecule is OCCN(Cc1ccccc1)c1cnccn1. The van der Waals surface area contributed by atoms with Crippen molar-refractivity contribution in [3.05, 3.63) is 54.5 Å². The second kappa shape index (κ2) is 5.96. The van der Waals surface area contributed by atoms with Crippen molar-refractivity contribution in [2.24, 2.45) is 0 Å². The van der Waals surface area contributed by atoms with Crippen LogP contribution in [-0.4, -0.2) is 28.2 Å². The number of anilines is 1. The first kappa shape index (κ1) is 11.5. The zero-order valence-electron chi connectivity index (χ0n) is 9.53. The van der Waals surface area contributed by atoms with Crippen LogP contribution in [0.4, 0.5) is 5.82 Å². The van der Waals surface area contributed by atoms with E-state index in [2.05, 4.69) is 22.1 Å². The van der Waals surface area contributed by atoms with Crippen molar-refractivity contribution >= 4 is 5.82 Å². The first-order valence-electron chi connectivity index (χ1n) is 5.56. The summed E-state index contributed by atoms with van der Waals surface area (Å²) in [6.45, 7) is 1.37. The van der Waals surface area contributed by atoms with Crippen LogP contribution in [0, 0.1) is 0 Å². The van der Waals surface area contributed by atoms with E-state index in [1.54, 1.807) is 18.6 Å². The molecule has 0 saturated carbocycles. The number of aromatic nitrogens is 2. The maximum absolute atomic E-state index is 9.09. The lowest BCUT2D eigenvalue weighted by atomic mass is 10.2. The van der Waals surface area contributed by atoms with Gasteiger partial charge in [0.15, 0.2) is 0 Å². The fourth-order valence-electron chi connectivity index (χ4n) is 1.65. The molecule has 0 radical (unpaired) electrons. The Morgan fingerprint density at radius 2 is 1.94 bits per heavy atom. The highest BCUT2D eigenvalue weighted by atomic mass is 16.3. The van der Waals surface area contributed by atoms with E-state index in [0.717, 1.165) is 12.4 Å². The zero-order valence-corrected chi connectivity index (χ0v) is 9.53. The van der Waals surface area contributed by atoms with Gasteiger partial charge in [0.05, 0.1) is 12.8 Å². The molecule has 0 atom stereocenters. The maximum atomic E-state index is 9.09. The Morgan fingerprint density at radius 1 is 1.12 bits per heavy atom. The molecule has 4 nitrogen and oxygen atoms in total. The Hall–Kier alpha value is -1.94. The molecule has 1 aromatic carbocycles. The molecular formula is C13H15N3O. The van der Waals surface area contributed by atoms with Gasteiger partial charge in [0.1, 0.15) is 5.82 Å². The Morgan fingerprint density at radius 3 is 2.59 bits per heavy atom. The third-order valence-corrected chi connectivity index (χ3v) is 2.46. The van der Waals surface area contributed by atoms with Crippen LogP contribution in [0.1, 0.15) is 5.56 Å². The first-order chi connectivity index (χ1) is 8.40. The van der Waals surface area contributed by atoms with Crippen molar-refractivity contribution in [1.82, 2.24) is 9.97 Å². The number of nitrogens with zero attached hydrogens (tertiary/aromatic N) is 3. The number of hydrogen-bond donors (Lipinski definition) is 1. The molecule has 0 spiro atoms. The van der Waals surface area contributed by atoms with Gasteiger partial charge in [-0.15, -0.1) is 0 Å². The second-order valence-corrected chi connectivity index (χ2v) is 3.69. The van der Waals surface area contributed by atoms with Gasteiger partial charge in [0.25, 0.3) is 0 Å². The Labute approximate surface area is 101 Å². The molecule has 1 aromatic heterocycles. The van der Waals surface area contributed by atoms with Crippen LogP contribution in [0.15, 0.2) is 48.9 Å². The van der Waals surface area contributed by atoms with Crippen LogP contribution in [0.25, 0.3) is 0 Å². The van der Waals surface area contributed by atoms with E-state index in [0.29, 0.717) is 6.54 Å². The highest BCUT2D eigenvalue weighted by Gasteiger charge is 2.07. The monoisotopic (exact) mass is 229 g/mol. The summed E-state index contributed by atoms with van der Waals surface area (Å²) in [4.78, 5) is 10.3. The van der Waals surface area contributed by atoms with E-state index < -0.39 is 0 Å². The van der Waals surface area contributed by atoms with E-state index in [1.165, 1.54) is 5.56 Å². The standard InChI is InChI=1S/C13H15N3O/c17-9-8-16(13-10-14-6-7-15-13)11-12-4-2-1-3-5-12/h1-7,10,17H,8-9,11H2. The number of rotatable bonds is 5. The van der Waals surface area contributed by atoms with Gasteiger partial charge < -0.3 is 10.0 Å². The maximum Gasteiger partial charge on any atom is 0.147 e. The van der Waals surface area contributed by atoms with Crippen LogP contribution >= 0.6 is 0 Å². The lowest BCUT2D eigenvalue weighted by Crippen LogP contribution is -2.27. The van der Waals surface area contributed by atoms with Gasteiger partial charge in [0, 0.05) is 25.5 Å². The largest absolute Gasteiger partial charge is 0.395 e. The van der Waals surface area contributed by atoms with Gasteiger partial charge in [-0.1, -0.05) is 30.3 Å². The van der Waals surface area contributed by atoms with Crippen molar-refractivity contribution < 1.29 is 5.11 Å². The molecule has 4 heteroatoms. The van der Waals surface area contributed by atoms with Crippen molar-refractivity contribution in [2.45, 2.75) is 6.54 Å². The van der Waals surface area contributed by atoms with Gasteiger partial charge in [0.2, 0.25) is 0 Å². The van der Waals surface area contributed by atoms with Gasteiger partial charge in [-0.05, 0) is 5.56 Å². The van der Waals surface area contributed by atoms with E-state index >= 15 is 0 Å². The summed E-state index contributed by atoms with van der Waals surface area (Å²) >= 11 is 0. The third-order valence-electron chi connectivity index (χ3n) is 2.46. The summed E-state index contributed by atoms with van der Waals surface area (Å²) in [7, 11) is 0. The van der Waals surface area contributed by atoms with Crippen molar-refractivity contribution in [1.29, 1.82) is 0 Å². The molecule has 0 aliphatic carbocycles. The summed E-state index contributed by atoms with van der Waals surface area (Å²) < 4.78 is 0. The van der Waals surface area contributed by atoms with Crippen molar-refractivity contribution in [3.63, 3.8) is 0 Å².